The summed E-state index contributed by atoms with van der Waals surface area (Å²) in [5.41, 5.74) is 4.73. The highest BCUT2D eigenvalue weighted by Crippen LogP contribution is 2.24. The van der Waals surface area contributed by atoms with E-state index in [0.29, 0.717) is 11.4 Å². The standard InChI is InChI=1S/C20H19N3/c1-20(2,3)16-10-8-14(9-11-16)12-15(13-21)19-22-17-6-4-5-7-18(17)23-19/h4-12H,1-3H3,(H,22,23). The van der Waals surface area contributed by atoms with Gasteiger partial charge >= 0.3 is 0 Å². The third-order valence-electron chi connectivity index (χ3n) is 3.85. The molecule has 3 rings (SSSR count). The van der Waals surface area contributed by atoms with Crippen molar-refractivity contribution < 1.29 is 0 Å². The summed E-state index contributed by atoms with van der Waals surface area (Å²) in [4.78, 5) is 7.69. The number of nitrogens with one attached hydrogen (secondary N) is 1. The smallest absolute Gasteiger partial charge is 0.149 e. The van der Waals surface area contributed by atoms with Crippen LogP contribution < -0.4 is 0 Å². The molecule has 1 N–H and O–H groups in total. The number of hydrogen-bond donors (Lipinski definition) is 1. The number of H-pyrrole nitrogens is 1. The van der Waals surface area contributed by atoms with Gasteiger partial charge in [0.15, 0.2) is 0 Å². The minimum atomic E-state index is 0.124. The van der Waals surface area contributed by atoms with Crippen LogP contribution in [0.1, 0.15) is 37.7 Å². The van der Waals surface area contributed by atoms with E-state index in [2.05, 4.69) is 48.9 Å². The van der Waals surface area contributed by atoms with Gasteiger partial charge < -0.3 is 4.98 Å². The first-order valence-electron chi connectivity index (χ1n) is 7.65. The second kappa shape index (κ2) is 5.73. The second-order valence-corrected chi connectivity index (χ2v) is 6.64. The van der Waals surface area contributed by atoms with Crippen molar-refractivity contribution in [3.63, 3.8) is 0 Å². The molecule has 1 heterocycles. The molecule has 0 fully saturated rings. The van der Waals surface area contributed by atoms with Crippen LogP contribution in [0.5, 0.6) is 0 Å². The van der Waals surface area contributed by atoms with Gasteiger partial charge in [-0.2, -0.15) is 5.26 Å². The lowest BCUT2D eigenvalue weighted by molar-refractivity contribution is 0.590. The third kappa shape index (κ3) is 3.17. The van der Waals surface area contributed by atoms with Crippen LogP contribution in [0.15, 0.2) is 48.5 Å². The van der Waals surface area contributed by atoms with E-state index in [0.717, 1.165) is 16.6 Å². The number of rotatable bonds is 2. The molecule has 0 atom stereocenters. The Balaban J connectivity index is 1.97. The van der Waals surface area contributed by atoms with Crippen molar-refractivity contribution in [2.75, 3.05) is 0 Å². The Kier molecular flexibility index (Phi) is 3.75. The van der Waals surface area contributed by atoms with Gasteiger partial charge in [0, 0.05) is 0 Å². The Morgan fingerprint density at radius 3 is 2.39 bits per heavy atom. The summed E-state index contributed by atoms with van der Waals surface area (Å²) in [6, 6.07) is 18.3. The molecule has 0 amide bonds. The summed E-state index contributed by atoms with van der Waals surface area (Å²) >= 11 is 0. The lowest BCUT2D eigenvalue weighted by Gasteiger charge is -2.18. The Labute approximate surface area is 136 Å². The molecule has 2 aromatic carbocycles. The minimum Gasteiger partial charge on any atom is -0.337 e. The third-order valence-corrected chi connectivity index (χ3v) is 3.85. The largest absolute Gasteiger partial charge is 0.337 e. The van der Waals surface area contributed by atoms with Crippen molar-refractivity contribution in [2.24, 2.45) is 0 Å². The lowest BCUT2D eigenvalue weighted by Crippen LogP contribution is -2.10. The first-order valence-corrected chi connectivity index (χ1v) is 7.65. The molecule has 3 nitrogen and oxygen atoms in total. The Bertz CT molecular complexity index is 867. The van der Waals surface area contributed by atoms with Crippen LogP contribution in [0.25, 0.3) is 22.7 Å². The molecular formula is C20H19N3. The van der Waals surface area contributed by atoms with E-state index in [9.17, 15) is 5.26 Å². The molecule has 0 radical (unpaired) electrons. The normalized spacial score (nSPS) is 12.3. The quantitative estimate of drug-likeness (QED) is 0.683. The van der Waals surface area contributed by atoms with Gasteiger partial charge in [-0.15, -0.1) is 0 Å². The van der Waals surface area contributed by atoms with E-state index in [1.807, 2.05) is 42.5 Å². The Morgan fingerprint density at radius 2 is 1.78 bits per heavy atom. The number of hydrogen-bond acceptors (Lipinski definition) is 2. The summed E-state index contributed by atoms with van der Waals surface area (Å²) in [7, 11) is 0. The van der Waals surface area contributed by atoms with Crippen LogP contribution in [0, 0.1) is 11.3 Å². The topological polar surface area (TPSA) is 52.5 Å². The number of aromatic nitrogens is 2. The molecule has 1 aromatic heterocycles. The number of nitriles is 1. The molecule has 3 aromatic rings. The van der Waals surface area contributed by atoms with Crippen molar-refractivity contribution in [3.05, 3.63) is 65.5 Å². The van der Waals surface area contributed by atoms with Crippen LogP contribution in [0.4, 0.5) is 0 Å². The molecule has 0 bridgehead atoms. The molecule has 23 heavy (non-hydrogen) atoms. The molecule has 0 spiro atoms. The highest BCUT2D eigenvalue weighted by Gasteiger charge is 2.13. The number of imidazole rings is 1. The first-order chi connectivity index (χ1) is 11.0. The van der Waals surface area contributed by atoms with Gasteiger partial charge in [0.2, 0.25) is 0 Å². The highest BCUT2D eigenvalue weighted by molar-refractivity contribution is 5.90. The highest BCUT2D eigenvalue weighted by atomic mass is 14.9. The van der Waals surface area contributed by atoms with Crippen molar-refractivity contribution in [2.45, 2.75) is 26.2 Å². The number of para-hydroxylation sites is 2. The number of fused-ring (bicyclic) bond motifs is 1. The summed E-state index contributed by atoms with van der Waals surface area (Å²) in [5, 5.41) is 9.47. The van der Waals surface area contributed by atoms with Gasteiger partial charge in [0.05, 0.1) is 16.6 Å². The van der Waals surface area contributed by atoms with Crippen molar-refractivity contribution in [1.29, 1.82) is 5.26 Å². The zero-order valence-electron chi connectivity index (χ0n) is 13.6. The SMILES string of the molecule is CC(C)(C)c1ccc(C=C(C#N)c2nc3ccccc3[nH]2)cc1. The minimum absolute atomic E-state index is 0.124. The molecule has 0 unspecified atom stereocenters. The molecule has 114 valence electrons. The zero-order chi connectivity index (χ0) is 16.4. The molecule has 3 heteroatoms. The van der Waals surface area contributed by atoms with Gasteiger partial charge in [-0.3, -0.25) is 0 Å². The maximum Gasteiger partial charge on any atom is 0.149 e. The summed E-state index contributed by atoms with van der Waals surface area (Å²) in [5.74, 6) is 0.605. The monoisotopic (exact) mass is 301 g/mol. The zero-order valence-corrected chi connectivity index (χ0v) is 13.6. The number of benzene rings is 2. The molecule has 0 aliphatic heterocycles. The fraction of sp³-hybridized carbons (Fsp3) is 0.200. The average Bonchev–Trinajstić information content (AvgIpc) is 2.96. The Hall–Kier alpha value is -2.86. The van der Waals surface area contributed by atoms with Crippen LogP contribution in [-0.2, 0) is 5.41 Å². The maximum atomic E-state index is 9.47. The maximum absolute atomic E-state index is 9.47. The van der Waals surface area contributed by atoms with Crippen LogP contribution >= 0.6 is 0 Å². The van der Waals surface area contributed by atoms with Gasteiger partial charge in [-0.1, -0.05) is 57.2 Å². The average molecular weight is 301 g/mol. The number of allylic oxidation sites excluding steroid dienone is 1. The molecule has 0 saturated heterocycles. The van der Waals surface area contributed by atoms with Gasteiger partial charge in [-0.25, -0.2) is 4.98 Å². The van der Waals surface area contributed by atoms with Crippen LogP contribution in [0.2, 0.25) is 0 Å². The van der Waals surface area contributed by atoms with Crippen LogP contribution in [0.3, 0.4) is 0 Å². The summed E-state index contributed by atoms with van der Waals surface area (Å²) in [6.45, 7) is 6.56. The number of nitrogens with zero attached hydrogens (tertiary/aromatic N) is 2. The molecule has 0 saturated carbocycles. The van der Waals surface area contributed by atoms with Crippen molar-refractivity contribution in [3.8, 4) is 6.07 Å². The van der Waals surface area contributed by atoms with E-state index in [1.165, 1.54) is 5.56 Å². The Morgan fingerprint density at radius 1 is 1.09 bits per heavy atom. The van der Waals surface area contributed by atoms with E-state index < -0.39 is 0 Å². The molecule has 0 aliphatic rings. The van der Waals surface area contributed by atoms with Gasteiger partial charge in [-0.05, 0) is 34.8 Å². The first kappa shape index (κ1) is 15.1. The molecule has 0 aliphatic carbocycles. The lowest BCUT2D eigenvalue weighted by atomic mass is 9.86. The molecular weight excluding hydrogens is 282 g/mol. The summed E-state index contributed by atoms with van der Waals surface area (Å²) < 4.78 is 0. The fourth-order valence-corrected chi connectivity index (χ4v) is 2.48. The number of aromatic amines is 1. The van der Waals surface area contributed by atoms with Crippen molar-refractivity contribution in [1.82, 2.24) is 9.97 Å². The van der Waals surface area contributed by atoms with E-state index in [4.69, 9.17) is 0 Å². The summed E-state index contributed by atoms with van der Waals surface area (Å²) in [6.07, 6.45) is 1.87. The van der Waals surface area contributed by atoms with Gasteiger partial charge in [0.1, 0.15) is 11.9 Å². The van der Waals surface area contributed by atoms with E-state index in [1.54, 1.807) is 0 Å². The predicted octanol–water partition coefficient (Wildman–Crippen LogP) is 4.92. The predicted molar refractivity (Wildman–Crippen MR) is 94.7 cm³/mol. The van der Waals surface area contributed by atoms with E-state index >= 15 is 0 Å². The second-order valence-electron chi connectivity index (χ2n) is 6.64. The van der Waals surface area contributed by atoms with Gasteiger partial charge in [0.25, 0.3) is 0 Å². The van der Waals surface area contributed by atoms with Crippen molar-refractivity contribution >= 4 is 22.7 Å². The van der Waals surface area contributed by atoms with E-state index in [-0.39, 0.29) is 5.41 Å². The van der Waals surface area contributed by atoms with Crippen LogP contribution in [-0.4, -0.2) is 9.97 Å². The fourth-order valence-electron chi connectivity index (χ4n) is 2.48.